The van der Waals surface area contributed by atoms with Gasteiger partial charge in [0.15, 0.2) is 0 Å². The molecule has 0 unspecified atom stereocenters. The second kappa shape index (κ2) is 2.51. The molecule has 0 atom stereocenters. The Bertz CT molecular complexity index is 72.6. The van der Waals surface area contributed by atoms with Gasteiger partial charge in [0.1, 0.15) is 0 Å². The lowest BCUT2D eigenvalue weighted by atomic mass is 10.3. The van der Waals surface area contributed by atoms with E-state index < -0.39 is 8.73 Å². The molecule has 0 aromatic rings. The third-order valence-corrected chi connectivity index (χ3v) is 4.12. The molecule has 0 aromatic heterocycles. The molecule has 0 bridgehead atoms. The van der Waals surface area contributed by atoms with E-state index in [2.05, 4.69) is 6.55 Å². The van der Waals surface area contributed by atoms with Gasteiger partial charge >= 0.3 is 0 Å². The Morgan fingerprint density at radius 2 is 1.86 bits per heavy atom. The van der Waals surface area contributed by atoms with E-state index in [0.717, 1.165) is 0 Å². The maximum atomic E-state index is 7.76. The Morgan fingerprint density at radius 3 is 2.14 bits per heavy atom. The average Bonchev–Trinajstić information content (AvgIpc) is 1.65. The van der Waals surface area contributed by atoms with Gasteiger partial charge in [-0.1, -0.05) is 37.9 Å². The van der Waals surface area contributed by atoms with Crippen molar-refractivity contribution in [2.24, 2.45) is 0 Å². The lowest BCUT2D eigenvalue weighted by Crippen LogP contribution is -2.09. The van der Waals surface area contributed by atoms with Gasteiger partial charge in [0.05, 0.1) is 0 Å². The fourth-order valence-corrected chi connectivity index (χ4v) is 3.11. The van der Waals surface area contributed by atoms with Crippen LogP contribution in [-0.2, 0) is 0 Å². The summed E-state index contributed by atoms with van der Waals surface area (Å²) in [6, 6.07) is 2.51. The molecule has 42 valence electrons. The topological polar surface area (TPSA) is 0 Å². The van der Waals surface area contributed by atoms with Gasteiger partial charge in [0.25, 0.3) is 0 Å². The molecular formula is C6H14Si. The van der Waals surface area contributed by atoms with Gasteiger partial charge < -0.3 is 0 Å². The summed E-state index contributed by atoms with van der Waals surface area (Å²) < 4.78 is 7.76. The van der Waals surface area contributed by atoms with Gasteiger partial charge in [-0.25, -0.2) is 0 Å². The van der Waals surface area contributed by atoms with Crippen LogP contribution in [0.25, 0.3) is 0 Å². The molecule has 0 amide bonds. The van der Waals surface area contributed by atoms with Crippen LogP contribution in [0, 0.1) is 0 Å². The Labute approximate surface area is 48.8 Å². The van der Waals surface area contributed by atoms with Crippen molar-refractivity contribution in [1.29, 1.82) is 1.23 Å². The van der Waals surface area contributed by atoms with Gasteiger partial charge in [-0.05, 0) is 0 Å². The number of hydrogen-bond acceptors (Lipinski definition) is 0. The summed E-state index contributed by atoms with van der Waals surface area (Å²) in [7, 11) is -1.34. The minimum Gasteiger partial charge on any atom is -0.0720 e. The first kappa shape index (κ1) is 4.13. The first-order valence-electron chi connectivity index (χ1n) is 3.71. The predicted molar refractivity (Wildman–Crippen MR) is 36.5 cm³/mol. The highest BCUT2D eigenvalue weighted by atomic mass is 28.3. The Balaban J connectivity index is 2.33. The van der Waals surface area contributed by atoms with E-state index in [1.54, 1.807) is 0 Å². The summed E-state index contributed by atoms with van der Waals surface area (Å²) in [5.74, 6) is 0. The smallest absolute Gasteiger partial charge is 0.0336 e. The minimum atomic E-state index is -1.34. The molecule has 1 heterocycles. The van der Waals surface area contributed by atoms with Gasteiger partial charge in [-0.2, -0.15) is 0 Å². The molecule has 0 nitrogen and oxygen atoms in total. The zero-order chi connectivity index (χ0) is 6.04. The molecule has 0 saturated carbocycles. The molecule has 1 rings (SSSR count). The second-order valence-electron chi connectivity index (χ2n) is 2.52. The largest absolute Gasteiger partial charge is 0.0720 e. The molecule has 1 aliphatic rings. The monoisotopic (exact) mass is 115 g/mol. The van der Waals surface area contributed by atoms with Crippen LogP contribution in [0.3, 0.4) is 0 Å². The van der Waals surface area contributed by atoms with E-state index in [9.17, 15) is 0 Å². The molecule has 0 aliphatic carbocycles. The third-order valence-electron chi connectivity index (χ3n) is 1.71. The Hall–Kier alpha value is 0.217. The maximum absolute atomic E-state index is 7.76. The summed E-state index contributed by atoms with van der Waals surface area (Å²) in [4.78, 5) is 0. The van der Waals surface area contributed by atoms with Gasteiger partial charge in [0, 0.05) is 9.96 Å². The molecule has 7 heavy (non-hydrogen) atoms. The first-order valence-corrected chi connectivity index (χ1v) is 5.62. The van der Waals surface area contributed by atoms with E-state index in [1.807, 2.05) is 0 Å². The normalized spacial score (nSPS) is 31.9. The van der Waals surface area contributed by atoms with Gasteiger partial charge in [-0.3, -0.25) is 0 Å². The number of rotatable bonds is 0. The third kappa shape index (κ3) is 1.64. The first-order chi connectivity index (χ1) is 3.71. The SMILES string of the molecule is [2H][Si]1(C)CCCCC1. The lowest BCUT2D eigenvalue weighted by Gasteiger charge is -2.14. The minimum absolute atomic E-state index is 1.26. The van der Waals surface area contributed by atoms with E-state index in [-0.39, 0.29) is 0 Å². The quantitative estimate of drug-likeness (QED) is 0.424. The van der Waals surface area contributed by atoms with Crippen LogP contribution in [0.1, 0.15) is 19.3 Å². The van der Waals surface area contributed by atoms with Crippen molar-refractivity contribution in [2.75, 3.05) is 0 Å². The summed E-state index contributed by atoms with van der Waals surface area (Å²) in [5, 5.41) is 0. The molecular weight excluding hydrogens is 100 g/mol. The van der Waals surface area contributed by atoms with Crippen LogP contribution < -0.4 is 0 Å². The van der Waals surface area contributed by atoms with Crippen molar-refractivity contribution >= 4 is 8.73 Å². The molecule has 0 radical (unpaired) electrons. The molecule has 0 spiro atoms. The van der Waals surface area contributed by atoms with Gasteiger partial charge in [0.2, 0.25) is 0 Å². The maximum Gasteiger partial charge on any atom is 0.0336 e. The van der Waals surface area contributed by atoms with E-state index in [1.165, 1.54) is 31.4 Å². The average molecular weight is 115 g/mol. The fraction of sp³-hybridized carbons (Fsp3) is 1.00. The highest BCUT2D eigenvalue weighted by Gasteiger charge is 2.07. The summed E-state index contributed by atoms with van der Waals surface area (Å²) in [6.45, 7) is 2.19. The standard InChI is InChI=1S/C6H14Si/c1-7-5-3-2-4-6-7/h7H,2-6H2,1H3/i7D. The Kier molecular flexibility index (Phi) is 1.48. The number of hydrogen-bond donors (Lipinski definition) is 0. The van der Waals surface area contributed by atoms with Crippen LogP contribution in [-0.4, -0.2) is 9.96 Å². The lowest BCUT2D eigenvalue weighted by molar-refractivity contribution is 0.725. The van der Waals surface area contributed by atoms with Crippen molar-refractivity contribution in [3.8, 4) is 0 Å². The van der Waals surface area contributed by atoms with Crippen LogP contribution in [0.15, 0.2) is 0 Å². The van der Waals surface area contributed by atoms with E-state index >= 15 is 0 Å². The van der Waals surface area contributed by atoms with Crippen molar-refractivity contribution in [3.05, 3.63) is 0 Å². The molecule has 0 aromatic carbocycles. The predicted octanol–water partition coefficient (Wildman–Crippen LogP) is 2.03. The van der Waals surface area contributed by atoms with Crippen molar-refractivity contribution in [3.63, 3.8) is 0 Å². The van der Waals surface area contributed by atoms with Crippen molar-refractivity contribution in [1.82, 2.24) is 0 Å². The molecule has 1 aliphatic heterocycles. The van der Waals surface area contributed by atoms with Crippen LogP contribution in [0.4, 0.5) is 0 Å². The summed E-state index contributed by atoms with van der Waals surface area (Å²) >= 11 is 0. The summed E-state index contributed by atoms with van der Waals surface area (Å²) in [6.07, 6.45) is 4.07. The molecule has 1 fully saturated rings. The highest BCUT2D eigenvalue weighted by molar-refractivity contribution is 6.57. The molecule has 0 N–H and O–H groups in total. The zero-order valence-electron chi connectivity index (χ0n) is 6.04. The zero-order valence-corrected chi connectivity index (χ0v) is 6.04. The van der Waals surface area contributed by atoms with Crippen LogP contribution in [0.5, 0.6) is 0 Å². The van der Waals surface area contributed by atoms with Crippen LogP contribution in [0.2, 0.25) is 18.6 Å². The van der Waals surface area contributed by atoms with Gasteiger partial charge in [-0.15, -0.1) is 0 Å². The Morgan fingerprint density at radius 1 is 1.29 bits per heavy atom. The highest BCUT2D eigenvalue weighted by Crippen LogP contribution is 2.17. The van der Waals surface area contributed by atoms with Crippen LogP contribution >= 0.6 is 0 Å². The fourth-order valence-electron chi connectivity index (χ4n) is 1.16. The van der Waals surface area contributed by atoms with Crippen molar-refractivity contribution < 1.29 is 0 Å². The molecule has 1 heteroatoms. The second-order valence-corrected chi connectivity index (χ2v) is 5.43. The van der Waals surface area contributed by atoms with E-state index in [4.69, 9.17) is 1.23 Å². The van der Waals surface area contributed by atoms with Crippen molar-refractivity contribution in [2.45, 2.75) is 37.9 Å². The molecule has 1 saturated heterocycles. The summed E-state index contributed by atoms with van der Waals surface area (Å²) in [5.41, 5.74) is 0. The van der Waals surface area contributed by atoms with E-state index in [0.29, 0.717) is 0 Å².